The molecule has 0 amide bonds. The van der Waals surface area contributed by atoms with E-state index in [1.807, 2.05) is 33.3 Å². The molecule has 0 aliphatic rings. The van der Waals surface area contributed by atoms with Crippen LogP contribution in [0.3, 0.4) is 0 Å². The van der Waals surface area contributed by atoms with Gasteiger partial charge in [0, 0.05) is 0 Å². The van der Waals surface area contributed by atoms with E-state index in [0.29, 0.717) is 22.5 Å². The van der Waals surface area contributed by atoms with E-state index in [4.69, 9.17) is 13.6 Å². The molecule has 0 aliphatic carbocycles. The maximum absolute atomic E-state index is 13.0. The highest BCUT2D eigenvalue weighted by Gasteiger charge is 2.31. The Balaban J connectivity index is 0.00000288. The van der Waals surface area contributed by atoms with Gasteiger partial charge in [0.25, 0.3) is 0 Å². The predicted molar refractivity (Wildman–Crippen MR) is 90.6 cm³/mol. The van der Waals surface area contributed by atoms with Crippen LogP contribution in [0.4, 0.5) is 0 Å². The van der Waals surface area contributed by atoms with Crippen molar-refractivity contribution >= 4 is 7.82 Å². The smallest absolute Gasteiger partial charge is 0.587 e. The molecule has 132 valence electrons. The molecule has 0 bridgehead atoms. The summed E-state index contributed by atoms with van der Waals surface area (Å²) in [6, 6.07) is 17.8. The fourth-order valence-corrected chi connectivity index (χ4v) is 2.93. The van der Waals surface area contributed by atoms with Gasteiger partial charge in [0.1, 0.15) is 24.7 Å². The van der Waals surface area contributed by atoms with Crippen molar-refractivity contribution in [3.63, 3.8) is 0 Å². The number of phosphoric acid groups is 1. The summed E-state index contributed by atoms with van der Waals surface area (Å²) in [6.45, 7) is 0.945. The fourth-order valence-electron chi connectivity index (χ4n) is 1.72. The Morgan fingerprint density at radius 1 is 0.833 bits per heavy atom. The normalized spacial score (nSPS) is 11.5. The Labute approximate surface area is 154 Å². The first-order chi connectivity index (χ1) is 10.9. The van der Waals surface area contributed by atoms with Gasteiger partial charge in [-0.15, -0.1) is 0 Å². The number of para-hydroxylation sites is 2. The number of hydrogen-bond acceptors (Lipinski definition) is 4. The van der Waals surface area contributed by atoms with Crippen molar-refractivity contribution in [3.05, 3.63) is 60.7 Å². The summed E-state index contributed by atoms with van der Waals surface area (Å²) in [7, 11) is 2.34. The lowest BCUT2D eigenvalue weighted by molar-refractivity contribution is -0.870. The summed E-state index contributed by atoms with van der Waals surface area (Å²) >= 11 is 0. The molecular formula is C17H23BrNO4P. The minimum Gasteiger partial charge on any atom is -1.00 e. The van der Waals surface area contributed by atoms with Crippen LogP contribution in [-0.4, -0.2) is 38.8 Å². The molecule has 0 saturated heterocycles. The number of phosphoric ester groups is 1. The zero-order chi connectivity index (χ0) is 16.8. The highest BCUT2D eigenvalue weighted by molar-refractivity contribution is 7.49. The monoisotopic (exact) mass is 415 g/mol. The summed E-state index contributed by atoms with van der Waals surface area (Å²) in [5.74, 6) is 0.883. The molecule has 0 atom stereocenters. The molecule has 0 saturated carbocycles. The van der Waals surface area contributed by atoms with Crippen molar-refractivity contribution in [2.45, 2.75) is 0 Å². The molecule has 0 radical (unpaired) electrons. The van der Waals surface area contributed by atoms with E-state index in [9.17, 15) is 4.57 Å². The van der Waals surface area contributed by atoms with Gasteiger partial charge in [-0.05, 0) is 24.3 Å². The van der Waals surface area contributed by atoms with Crippen molar-refractivity contribution in [2.24, 2.45) is 0 Å². The Morgan fingerprint density at radius 3 is 1.62 bits per heavy atom. The molecule has 2 rings (SSSR count). The first-order valence-corrected chi connectivity index (χ1v) is 8.87. The summed E-state index contributed by atoms with van der Waals surface area (Å²) < 4.78 is 30.2. The lowest BCUT2D eigenvalue weighted by Gasteiger charge is -2.25. The van der Waals surface area contributed by atoms with Crippen molar-refractivity contribution < 1.29 is 39.6 Å². The number of halogens is 1. The van der Waals surface area contributed by atoms with Crippen molar-refractivity contribution in [1.82, 2.24) is 0 Å². The number of benzene rings is 2. The molecule has 0 spiro atoms. The number of hydrogen-bond donors (Lipinski definition) is 0. The molecule has 24 heavy (non-hydrogen) atoms. The predicted octanol–water partition coefficient (Wildman–Crippen LogP) is 0.979. The maximum Gasteiger partial charge on any atom is 0.587 e. The van der Waals surface area contributed by atoms with Gasteiger partial charge >= 0.3 is 7.82 Å². The van der Waals surface area contributed by atoms with Crippen molar-refractivity contribution in [3.8, 4) is 11.5 Å². The zero-order valence-corrected chi connectivity index (χ0v) is 16.6. The van der Waals surface area contributed by atoms with Crippen LogP contribution in [0.1, 0.15) is 0 Å². The second-order valence-electron chi connectivity index (χ2n) is 6.10. The molecule has 0 aliphatic heterocycles. The highest BCUT2D eigenvalue weighted by atomic mass is 79.9. The van der Waals surface area contributed by atoms with Gasteiger partial charge in [-0.2, -0.15) is 0 Å². The zero-order valence-electron chi connectivity index (χ0n) is 14.1. The van der Waals surface area contributed by atoms with Crippen LogP contribution >= 0.6 is 7.82 Å². The van der Waals surface area contributed by atoms with Gasteiger partial charge in [0.2, 0.25) is 0 Å². The molecule has 2 aromatic carbocycles. The van der Waals surface area contributed by atoms with E-state index < -0.39 is 7.82 Å². The van der Waals surface area contributed by atoms with Crippen LogP contribution in [0.5, 0.6) is 11.5 Å². The molecule has 0 aromatic heterocycles. The topological polar surface area (TPSA) is 44.8 Å². The lowest BCUT2D eigenvalue weighted by atomic mass is 10.3. The number of likely N-dealkylation sites (N-methyl/N-ethyl adjacent to an activating group) is 1. The Morgan fingerprint density at radius 2 is 1.25 bits per heavy atom. The van der Waals surface area contributed by atoms with E-state index >= 15 is 0 Å². The van der Waals surface area contributed by atoms with Crippen LogP contribution in [-0.2, 0) is 9.09 Å². The van der Waals surface area contributed by atoms with Gasteiger partial charge in [-0.25, -0.2) is 4.57 Å². The molecule has 5 nitrogen and oxygen atoms in total. The second-order valence-corrected chi connectivity index (χ2v) is 7.62. The van der Waals surface area contributed by atoms with E-state index in [2.05, 4.69) is 0 Å². The molecular weight excluding hydrogens is 393 g/mol. The number of nitrogens with zero attached hydrogens (tertiary/aromatic N) is 1. The third-order valence-corrected chi connectivity index (χ3v) is 4.30. The standard InChI is InChI=1S/C17H23NO4P.BrH/c1-18(2,3)14-15-20-23(19,21-16-10-6-4-7-11-16)22-17-12-8-5-9-13-17;/h4-13H,14-15H2,1-3H3;1H/q+1;/p-1. The molecule has 7 heteroatoms. The van der Waals surface area contributed by atoms with Crippen LogP contribution in [0.2, 0.25) is 0 Å². The number of rotatable bonds is 8. The van der Waals surface area contributed by atoms with Gasteiger partial charge in [0.15, 0.2) is 0 Å². The minimum atomic E-state index is -3.76. The summed E-state index contributed by atoms with van der Waals surface area (Å²) in [5, 5.41) is 0. The van der Waals surface area contributed by atoms with Crippen LogP contribution < -0.4 is 26.0 Å². The molecule has 0 N–H and O–H groups in total. The van der Waals surface area contributed by atoms with Crippen LogP contribution in [0.25, 0.3) is 0 Å². The van der Waals surface area contributed by atoms with E-state index in [1.165, 1.54) is 0 Å². The summed E-state index contributed by atoms with van der Waals surface area (Å²) in [4.78, 5) is 0. The fraction of sp³-hybridized carbons (Fsp3) is 0.294. The van der Waals surface area contributed by atoms with Crippen molar-refractivity contribution in [2.75, 3.05) is 34.3 Å². The Hall–Kier alpha value is -1.33. The summed E-state index contributed by atoms with van der Waals surface area (Å²) in [6.07, 6.45) is 0. The average Bonchev–Trinajstić information content (AvgIpc) is 2.47. The Bertz CT molecular complexity index is 601. The van der Waals surface area contributed by atoms with Crippen LogP contribution in [0.15, 0.2) is 60.7 Å². The highest BCUT2D eigenvalue weighted by Crippen LogP contribution is 2.49. The molecule has 2 aromatic rings. The lowest BCUT2D eigenvalue weighted by Crippen LogP contribution is -3.00. The third-order valence-electron chi connectivity index (χ3n) is 2.93. The second kappa shape index (κ2) is 9.23. The van der Waals surface area contributed by atoms with Gasteiger partial charge in [0.05, 0.1) is 21.1 Å². The van der Waals surface area contributed by atoms with E-state index in [-0.39, 0.29) is 23.6 Å². The third kappa shape index (κ3) is 7.49. The Kier molecular flexibility index (Phi) is 7.97. The van der Waals surface area contributed by atoms with Gasteiger partial charge in [-0.1, -0.05) is 36.4 Å². The maximum atomic E-state index is 13.0. The summed E-state index contributed by atoms with van der Waals surface area (Å²) in [5.41, 5.74) is 0. The van der Waals surface area contributed by atoms with Crippen molar-refractivity contribution in [1.29, 1.82) is 0 Å². The quantitative estimate of drug-likeness (QED) is 0.476. The van der Waals surface area contributed by atoms with Gasteiger partial charge in [-0.3, -0.25) is 4.52 Å². The van der Waals surface area contributed by atoms with Crippen LogP contribution in [0, 0.1) is 0 Å². The first-order valence-electron chi connectivity index (χ1n) is 7.41. The minimum absolute atomic E-state index is 0. The average molecular weight is 416 g/mol. The molecule has 0 heterocycles. The van der Waals surface area contributed by atoms with E-state index in [1.54, 1.807) is 48.5 Å². The number of quaternary nitrogens is 1. The molecule has 0 fully saturated rings. The van der Waals surface area contributed by atoms with Gasteiger partial charge < -0.3 is 30.5 Å². The molecule has 0 unspecified atom stereocenters. The first kappa shape index (κ1) is 20.7. The largest absolute Gasteiger partial charge is 1.00 e. The van der Waals surface area contributed by atoms with E-state index in [0.717, 1.165) is 0 Å². The SMILES string of the molecule is C[N+](C)(C)CCOP(=O)(Oc1ccccc1)Oc1ccccc1.[Br-].